The topological polar surface area (TPSA) is 78.1 Å². The number of nitrogens with zero attached hydrogens (tertiary/aromatic N) is 2. The molecule has 0 saturated carbocycles. The number of hydrogen-bond acceptors (Lipinski definition) is 4. The minimum absolute atomic E-state index is 0.112. The molecule has 15 heavy (non-hydrogen) atoms. The summed E-state index contributed by atoms with van der Waals surface area (Å²) < 4.78 is 0. The largest absolute Gasteiger partial charge is 0.358 e. The molecule has 0 bridgehead atoms. The predicted molar refractivity (Wildman–Crippen MR) is 56.8 cm³/mol. The smallest absolute Gasteiger partial charge is 0.252 e. The van der Waals surface area contributed by atoms with Gasteiger partial charge >= 0.3 is 0 Å². The molecule has 0 fully saturated rings. The van der Waals surface area contributed by atoms with Crippen molar-refractivity contribution in [2.45, 2.75) is 6.92 Å². The quantitative estimate of drug-likeness (QED) is 0.691. The van der Waals surface area contributed by atoms with E-state index in [0.717, 1.165) is 0 Å². The molecule has 1 amide bonds. The minimum atomic E-state index is -0.227. The van der Waals surface area contributed by atoms with Gasteiger partial charge in [-0.25, -0.2) is 4.98 Å². The van der Waals surface area contributed by atoms with Gasteiger partial charge in [0.1, 0.15) is 5.82 Å². The summed E-state index contributed by atoms with van der Waals surface area (Å²) in [6.07, 6.45) is 1.32. The lowest BCUT2D eigenvalue weighted by Crippen LogP contribution is -2.36. The van der Waals surface area contributed by atoms with E-state index < -0.39 is 0 Å². The lowest BCUT2D eigenvalue weighted by atomic mass is 10.4. The van der Waals surface area contributed by atoms with Crippen molar-refractivity contribution in [2.24, 2.45) is 0 Å². The maximum absolute atomic E-state index is 11.2. The molecule has 0 spiro atoms. The van der Waals surface area contributed by atoms with Crippen LogP contribution in [-0.4, -0.2) is 36.0 Å². The molecule has 82 valence electrons. The van der Waals surface area contributed by atoms with Crippen molar-refractivity contribution < 1.29 is 4.79 Å². The van der Waals surface area contributed by atoms with Gasteiger partial charge in [0.2, 0.25) is 5.91 Å². The molecule has 1 aromatic heterocycles. The van der Waals surface area contributed by atoms with Crippen molar-refractivity contribution in [1.29, 1.82) is 0 Å². The molecule has 0 atom stereocenters. The van der Waals surface area contributed by atoms with Crippen LogP contribution in [-0.2, 0) is 4.79 Å². The Morgan fingerprint density at radius 2 is 2.40 bits per heavy atom. The predicted octanol–water partition coefficient (Wildman–Crippen LogP) is -0.658. The van der Waals surface area contributed by atoms with Crippen molar-refractivity contribution in [1.82, 2.24) is 15.3 Å². The molecule has 0 aliphatic rings. The van der Waals surface area contributed by atoms with Gasteiger partial charge in [-0.05, 0) is 6.92 Å². The van der Waals surface area contributed by atoms with Gasteiger partial charge in [0, 0.05) is 19.7 Å². The summed E-state index contributed by atoms with van der Waals surface area (Å²) in [5, 5.41) is 2.52. The zero-order valence-corrected chi connectivity index (χ0v) is 8.78. The van der Waals surface area contributed by atoms with E-state index in [-0.39, 0.29) is 18.0 Å². The Morgan fingerprint density at radius 1 is 1.67 bits per heavy atom. The third-order valence-corrected chi connectivity index (χ3v) is 1.98. The van der Waals surface area contributed by atoms with Crippen molar-refractivity contribution in [3.8, 4) is 0 Å². The molecule has 6 heteroatoms. The number of H-pyrrole nitrogens is 1. The molecule has 0 radical (unpaired) electrons. The van der Waals surface area contributed by atoms with E-state index in [1.807, 2.05) is 6.92 Å². The lowest BCUT2D eigenvalue weighted by Gasteiger charge is -2.19. The Bertz CT molecular complexity index is 388. The monoisotopic (exact) mass is 210 g/mol. The Labute approximate surface area is 87.3 Å². The highest BCUT2D eigenvalue weighted by atomic mass is 16.2. The van der Waals surface area contributed by atoms with Crippen LogP contribution in [0.2, 0.25) is 0 Å². The van der Waals surface area contributed by atoms with Crippen LogP contribution in [0.3, 0.4) is 0 Å². The Balaban J connectivity index is 2.83. The Hall–Kier alpha value is -1.85. The molecule has 2 N–H and O–H groups in total. The molecular formula is C9H14N4O2. The van der Waals surface area contributed by atoms with Crippen molar-refractivity contribution in [3.05, 3.63) is 22.7 Å². The number of hydrogen-bond donors (Lipinski definition) is 2. The fraction of sp³-hybridized carbons (Fsp3) is 0.444. The molecule has 0 aromatic carbocycles. The van der Waals surface area contributed by atoms with E-state index in [4.69, 9.17) is 0 Å². The minimum Gasteiger partial charge on any atom is -0.358 e. The summed E-state index contributed by atoms with van der Waals surface area (Å²) in [5.74, 6) is 0.392. The van der Waals surface area contributed by atoms with Crippen LogP contribution in [0.5, 0.6) is 0 Å². The van der Waals surface area contributed by atoms with Crippen LogP contribution in [0.1, 0.15) is 6.92 Å². The Morgan fingerprint density at radius 3 is 2.93 bits per heavy atom. The molecule has 6 nitrogen and oxygen atoms in total. The molecule has 0 aliphatic carbocycles. The molecule has 1 heterocycles. The van der Waals surface area contributed by atoms with E-state index in [1.165, 1.54) is 12.4 Å². The second kappa shape index (κ2) is 5.14. The van der Waals surface area contributed by atoms with Crippen molar-refractivity contribution in [2.75, 3.05) is 25.0 Å². The second-order valence-electron chi connectivity index (χ2n) is 2.96. The first kappa shape index (κ1) is 11.2. The summed E-state index contributed by atoms with van der Waals surface area (Å²) in [7, 11) is 1.57. The molecule has 0 saturated heterocycles. The zero-order chi connectivity index (χ0) is 11.3. The number of anilines is 1. The van der Waals surface area contributed by atoms with E-state index >= 15 is 0 Å². The highest BCUT2D eigenvalue weighted by Gasteiger charge is 2.09. The van der Waals surface area contributed by atoms with E-state index in [2.05, 4.69) is 15.3 Å². The highest BCUT2D eigenvalue weighted by molar-refractivity contribution is 5.80. The number of aromatic nitrogens is 2. The maximum Gasteiger partial charge on any atom is 0.252 e. The molecule has 0 aliphatic heterocycles. The first-order valence-corrected chi connectivity index (χ1v) is 4.67. The summed E-state index contributed by atoms with van der Waals surface area (Å²) >= 11 is 0. The van der Waals surface area contributed by atoms with E-state index in [1.54, 1.807) is 11.9 Å². The van der Waals surface area contributed by atoms with Crippen LogP contribution in [0.4, 0.5) is 5.82 Å². The average molecular weight is 210 g/mol. The second-order valence-corrected chi connectivity index (χ2v) is 2.96. The van der Waals surface area contributed by atoms with Crippen LogP contribution in [0, 0.1) is 0 Å². The van der Waals surface area contributed by atoms with Gasteiger partial charge in [-0.15, -0.1) is 0 Å². The number of nitrogens with one attached hydrogen (secondary N) is 2. The maximum atomic E-state index is 11.2. The molecule has 1 aromatic rings. The van der Waals surface area contributed by atoms with Crippen molar-refractivity contribution in [3.63, 3.8) is 0 Å². The van der Waals surface area contributed by atoms with Crippen molar-refractivity contribution >= 4 is 11.7 Å². The zero-order valence-electron chi connectivity index (χ0n) is 8.78. The highest BCUT2D eigenvalue weighted by Crippen LogP contribution is 2.04. The van der Waals surface area contributed by atoms with Gasteiger partial charge in [0.05, 0.1) is 12.9 Å². The first-order valence-electron chi connectivity index (χ1n) is 4.67. The summed E-state index contributed by atoms with van der Waals surface area (Å²) in [6, 6.07) is 1.37. The molecule has 1 rings (SSSR count). The first-order chi connectivity index (χ1) is 7.17. The molecular weight excluding hydrogens is 196 g/mol. The average Bonchev–Trinajstić information content (AvgIpc) is 2.25. The van der Waals surface area contributed by atoms with Crippen LogP contribution < -0.4 is 15.8 Å². The van der Waals surface area contributed by atoms with Gasteiger partial charge in [-0.2, -0.15) is 0 Å². The third-order valence-electron chi connectivity index (χ3n) is 1.98. The van der Waals surface area contributed by atoms with Crippen LogP contribution >= 0.6 is 0 Å². The fourth-order valence-electron chi connectivity index (χ4n) is 1.14. The summed E-state index contributed by atoms with van der Waals surface area (Å²) in [5.41, 5.74) is -0.227. The molecule has 0 unspecified atom stereocenters. The Kier molecular flexibility index (Phi) is 3.84. The number of carbonyl (C=O) groups is 1. The van der Waals surface area contributed by atoms with E-state index in [9.17, 15) is 9.59 Å². The fourth-order valence-corrected chi connectivity index (χ4v) is 1.14. The number of likely N-dealkylation sites (N-methyl/N-ethyl adjacent to an activating group) is 2. The number of rotatable bonds is 4. The normalized spacial score (nSPS) is 9.73. The lowest BCUT2D eigenvalue weighted by molar-refractivity contribution is -0.119. The van der Waals surface area contributed by atoms with Gasteiger partial charge in [0.15, 0.2) is 0 Å². The SMILES string of the molecule is CCN(CC(=O)NC)c1cc(=O)[nH]cn1. The van der Waals surface area contributed by atoms with Gasteiger partial charge in [-0.3, -0.25) is 9.59 Å². The van der Waals surface area contributed by atoms with Gasteiger partial charge < -0.3 is 15.2 Å². The van der Waals surface area contributed by atoms with Gasteiger partial charge in [0.25, 0.3) is 5.56 Å². The third kappa shape index (κ3) is 3.08. The van der Waals surface area contributed by atoms with E-state index in [0.29, 0.717) is 12.4 Å². The summed E-state index contributed by atoms with van der Waals surface area (Å²) in [4.78, 5) is 30.3. The summed E-state index contributed by atoms with van der Waals surface area (Å²) in [6.45, 7) is 2.71. The van der Waals surface area contributed by atoms with Crippen LogP contribution in [0.15, 0.2) is 17.2 Å². The van der Waals surface area contributed by atoms with Gasteiger partial charge in [-0.1, -0.05) is 0 Å². The standard InChI is InChI=1S/C9H14N4O2/c1-3-13(5-9(15)10-2)7-4-8(14)12-6-11-7/h4,6H,3,5H2,1-2H3,(H,10,15)(H,11,12,14). The number of carbonyl (C=O) groups excluding carboxylic acids is 1. The number of amides is 1. The van der Waals surface area contributed by atoms with Crippen LogP contribution in [0.25, 0.3) is 0 Å². The number of aromatic amines is 1.